The van der Waals surface area contributed by atoms with Gasteiger partial charge in [-0.3, -0.25) is 20.9 Å². The van der Waals surface area contributed by atoms with Gasteiger partial charge in [0.1, 0.15) is 0 Å². The Hall–Kier alpha value is -1.40. The van der Waals surface area contributed by atoms with Crippen molar-refractivity contribution in [2.75, 3.05) is 13.1 Å². The largest absolute Gasteiger partial charge is 0.346 e. The third kappa shape index (κ3) is 2.77. The van der Waals surface area contributed by atoms with Crippen LogP contribution in [-0.4, -0.2) is 41.9 Å². The van der Waals surface area contributed by atoms with Crippen LogP contribution in [0.4, 0.5) is 0 Å². The molecule has 6 heteroatoms. The molecule has 2 unspecified atom stereocenters. The van der Waals surface area contributed by atoms with Gasteiger partial charge in [0.25, 0.3) is 0 Å². The van der Waals surface area contributed by atoms with Crippen LogP contribution in [0.3, 0.4) is 0 Å². The summed E-state index contributed by atoms with van der Waals surface area (Å²) in [6, 6.07) is -0.276. The molecular formula is C9H16N4O2. The van der Waals surface area contributed by atoms with E-state index in [9.17, 15) is 9.59 Å². The van der Waals surface area contributed by atoms with E-state index in [1.807, 2.05) is 0 Å². The lowest BCUT2D eigenvalue weighted by molar-refractivity contribution is -0.128. The van der Waals surface area contributed by atoms with Gasteiger partial charge in [-0.1, -0.05) is 6.58 Å². The van der Waals surface area contributed by atoms with Gasteiger partial charge in [0.05, 0.1) is 12.1 Å². The molecule has 6 nitrogen and oxygen atoms in total. The normalized spacial score (nSPS) is 25.1. The number of hydrogen-bond donors (Lipinski definition) is 3. The molecule has 4 N–H and O–H groups in total. The van der Waals surface area contributed by atoms with Crippen molar-refractivity contribution < 1.29 is 9.59 Å². The predicted octanol–water partition coefficient (Wildman–Crippen LogP) is -1.65. The quantitative estimate of drug-likeness (QED) is 0.297. The molecule has 2 atom stereocenters. The highest BCUT2D eigenvalue weighted by molar-refractivity contribution is 5.87. The number of hydrazine groups is 1. The topological polar surface area (TPSA) is 87.5 Å². The first kappa shape index (κ1) is 11.7. The summed E-state index contributed by atoms with van der Waals surface area (Å²) in [5.74, 6) is 5.06. The second-order valence-corrected chi connectivity index (χ2v) is 3.52. The van der Waals surface area contributed by atoms with E-state index in [1.165, 1.54) is 13.0 Å². The van der Waals surface area contributed by atoms with Gasteiger partial charge in [-0.05, 0) is 6.08 Å². The zero-order valence-corrected chi connectivity index (χ0v) is 8.69. The molecule has 0 aromatic carbocycles. The van der Waals surface area contributed by atoms with Crippen molar-refractivity contribution in [2.24, 2.45) is 5.84 Å². The molecular weight excluding hydrogens is 196 g/mol. The van der Waals surface area contributed by atoms with Gasteiger partial charge in [0, 0.05) is 20.0 Å². The van der Waals surface area contributed by atoms with Crippen LogP contribution in [0.25, 0.3) is 0 Å². The Labute approximate surface area is 88.5 Å². The van der Waals surface area contributed by atoms with Crippen LogP contribution < -0.4 is 16.6 Å². The van der Waals surface area contributed by atoms with Crippen molar-refractivity contribution >= 4 is 11.8 Å². The van der Waals surface area contributed by atoms with E-state index in [1.54, 1.807) is 4.90 Å². The fourth-order valence-corrected chi connectivity index (χ4v) is 1.62. The number of nitrogens with one attached hydrogen (secondary N) is 2. The van der Waals surface area contributed by atoms with E-state index in [0.717, 1.165) is 0 Å². The molecule has 0 aromatic heterocycles. The summed E-state index contributed by atoms with van der Waals surface area (Å²) >= 11 is 0. The number of amides is 2. The van der Waals surface area contributed by atoms with Gasteiger partial charge in [-0.2, -0.15) is 0 Å². The highest BCUT2D eigenvalue weighted by Gasteiger charge is 2.33. The Balaban J connectivity index is 2.59. The first-order chi connectivity index (χ1) is 7.08. The summed E-state index contributed by atoms with van der Waals surface area (Å²) in [6.07, 6.45) is 1.20. The van der Waals surface area contributed by atoms with Gasteiger partial charge in [0.15, 0.2) is 0 Å². The summed E-state index contributed by atoms with van der Waals surface area (Å²) in [7, 11) is 0. The van der Waals surface area contributed by atoms with Crippen molar-refractivity contribution in [3.63, 3.8) is 0 Å². The van der Waals surface area contributed by atoms with E-state index in [0.29, 0.717) is 13.1 Å². The molecule has 1 heterocycles. The molecule has 0 spiro atoms. The van der Waals surface area contributed by atoms with Crippen LogP contribution in [0.5, 0.6) is 0 Å². The fraction of sp³-hybridized carbons (Fsp3) is 0.556. The molecule has 1 fully saturated rings. The fourth-order valence-electron chi connectivity index (χ4n) is 1.62. The molecule has 1 aliphatic rings. The molecule has 1 aliphatic heterocycles. The smallest absolute Gasteiger partial charge is 0.243 e. The Bertz CT molecular complexity index is 279. The summed E-state index contributed by atoms with van der Waals surface area (Å²) in [5.41, 5.74) is 2.59. The highest BCUT2D eigenvalue weighted by Crippen LogP contribution is 2.09. The highest BCUT2D eigenvalue weighted by atomic mass is 16.2. The van der Waals surface area contributed by atoms with Crippen molar-refractivity contribution in [3.8, 4) is 0 Å². The maximum Gasteiger partial charge on any atom is 0.243 e. The van der Waals surface area contributed by atoms with Crippen LogP contribution in [0.1, 0.15) is 6.92 Å². The SMILES string of the molecule is C=CC(=O)NC1CN(C(C)=O)CC1NN. The van der Waals surface area contributed by atoms with Crippen LogP contribution in [-0.2, 0) is 9.59 Å². The molecule has 2 amide bonds. The van der Waals surface area contributed by atoms with Crippen molar-refractivity contribution in [1.82, 2.24) is 15.6 Å². The third-order valence-electron chi connectivity index (χ3n) is 2.49. The number of rotatable bonds is 3. The standard InChI is InChI=1S/C9H16N4O2/c1-3-9(15)11-7-4-13(6(2)14)5-8(7)12-10/h3,7-8,12H,1,4-5,10H2,2H3,(H,11,15). The number of carbonyl (C=O) groups excluding carboxylic acids is 2. The second-order valence-electron chi connectivity index (χ2n) is 3.52. The third-order valence-corrected chi connectivity index (χ3v) is 2.49. The molecule has 0 saturated carbocycles. The van der Waals surface area contributed by atoms with E-state index in [2.05, 4.69) is 17.3 Å². The molecule has 0 aromatic rings. The van der Waals surface area contributed by atoms with Crippen molar-refractivity contribution in [3.05, 3.63) is 12.7 Å². The predicted molar refractivity (Wildman–Crippen MR) is 55.5 cm³/mol. The van der Waals surface area contributed by atoms with Gasteiger partial charge in [-0.25, -0.2) is 0 Å². The average Bonchev–Trinajstić information content (AvgIpc) is 2.61. The summed E-state index contributed by atoms with van der Waals surface area (Å²) < 4.78 is 0. The van der Waals surface area contributed by atoms with Crippen LogP contribution in [0, 0.1) is 0 Å². The molecule has 0 radical (unpaired) electrons. The zero-order chi connectivity index (χ0) is 11.4. The zero-order valence-electron chi connectivity index (χ0n) is 8.69. The maximum atomic E-state index is 11.1. The Morgan fingerprint density at radius 1 is 1.47 bits per heavy atom. The van der Waals surface area contributed by atoms with Gasteiger partial charge >= 0.3 is 0 Å². The number of carbonyl (C=O) groups is 2. The van der Waals surface area contributed by atoms with Crippen LogP contribution in [0.15, 0.2) is 12.7 Å². The second kappa shape index (κ2) is 4.90. The lowest BCUT2D eigenvalue weighted by Gasteiger charge is -2.17. The maximum absolute atomic E-state index is 11.1. The number of likely N-dealkylation sites (tertiary alicyclic amines) is 1. The molecule has 1 saturated heterocycles. The van der Waals surface area contributed by atoms with Crippen molar-refractivity contribution in [1.29, 1.82) is 0 Å². The number of hydrogen-bond acceptors (Lipinski definition) is 4. The van der Waals surface area contributed by atoms with Crippen LogP contribution in [0.2, 0.25) is 0 Å². The van der Waals surface area contributed by atoms with E-state index < -0.39 is 0 Å². The molecule has 1 rings (SSSR count). The van der Waals surface area contributed by atoms with Gasteiger partial charge < -0.3 is 10.2 Å². The molecule has 15 heavy (non-hydrogen) atoms. The van der Waals surface area contributed by atoms with E-state index in [4.69, 9.17) is 5.84 Å². The minimum absolute atomic E-state index is 0.0226. The van der Waals surface area contributed by atoms with E-state index >= 15 is 0 Å². The van der Waals surface area contributed by atoms with E-state index in [-0.39, 0.29) is 23.9 Å². The molecule has 0 aliphatic carbocycles. The Morgan fingerprint density at radius 3 is 2.53 bits per heavy atom. The summed E-state index contributed by atoms with van der Waals surface area (Å²) in [6.45, 7) is 5.84. The first-order valence-electron chi connectivity index (χ1n) is 4.73. The minimum Gasteiger partial charge on any atom is -0.346 e. The van der Waals surface area contributed by atoms with Gasteiger partial charge in [0.2, 0.25) is 11.8 Å². The molecule has 84 valence electrons. The minimum atomic E-state index is -0.259. The lowest BCUT2D eigenvalue weighted by atomic mass is 10.2. The average molecular weight is 212 g/mol. The summed E-state index contributed by atoms with van der Waals surface area (Å²) in [5, 5.41) is 2.72. The number of nitrogens with two attached hydrogens (primary N) is 1. The molecule has 0 bridgehead atoms. The summed E-state index contributed by atoms with van der Waals surface area (Å²) in [4.78, 5) is 23.9. The van der Waals surface area contributed by atoms with Gasteiger partial charge in [-0.15, -0.1) is 0 Å². The Morgan fingerprint density at radius 2 is 2.07 bits per heavy atom. The Kier molecular flexibility index (Phi) is 3.81. The van der Waals surface area contributed by atoms with Crippen LogP contribution >= 0.6 is 0 Å². The first-order valence-corrected chi connectivity index (χ1v) is 4.73. The van der Waals surface area contributed by atoms with Crippen molar-refractivity contribution in [2.45, 2.75) is 19.0 Å². The monoisotopic (exact) mass is 212 g/mol. The lowest BCUT2D eigenvalue weighted by Crippen LogP contribution is -2.51. The number of nitrogens with zero attached hydrogens (tertiary/aromatic N) is 1.